The van der Waals surface area contributed by atoms with Crippen molar-refractivity contribution in [3.63, 3.8) is 0 Å². The number of nitrogens with zero attached hydrogens (tertiary/aromatic N) is 2. The molecule has 1 aliphatic heterocycles. The molecule has 0 bridgehead atoms. The maximum absolute atomic E-state index is 12.9. The van der Waals surface area contributed by atoms with Gasteiger partial charge in [0.1, 0.15) is 0 Å². The molecule has 0 atom stereocenters. The van der Waals surface area contributed by atoms with Crippen molar-refractivity contribution in [2.45, 2.75) is 11.8 Å². The topological polar surface area (TPSA) is 69.7 Å². The lowest BCUT2D eigenvalue weighted by molar-refractivity contribution is -0.114. The van der Waals surface area contributed by atoms with Gasteiger partial charge in [0.05, 0.1) is 26.3 Å². The molecule has 1 aliphatic rings. The Morgan fingerprint density at radius 1 is 1.00 bits per heavy atom. The number of para-hydroxylation sites is 1. The van der Waals surface area contributed by atoms with Crippen LogP contribution >= 0.6 is 23.2 Å². The molecule has 0 aromatic heterocycles. The number of hydrogen-bond donors (Lipinski definition) is 1. The van der Waals surface area contributed by atoms with E-state index in [4.69, 9.17) is 23.2 Å². The Morgan fingerprint density at radius 3 is 2.26 bits per heavy atom. The summed E-state index contributed by atoms with van der Waals surface area (Å²) in [5.74, 6) is -0.275. The second kappa shape index (κ2) is 8.06. The van der Waals surface area contributed by atoms with E-state index in [-0.39, 0.29) is 15.8 Å². The molecule has 144 valence electrons. The maximum Gasteiger partial charge on any atom is 0.243 e. The molecular formula is C18H19Cl2N3O3S. The van der Waals surface area contributed by atoms with E-state index in [1.54, 1.807) is 0 Å². The number of sulfonamides is 1. The Kier molecular flexibility index (Phi) is 5.95. The molecule has 1 N–H and O–H groups in total. The Hall–Kier alpha value is -1.80. The van der Waals surface area contributed by atoms with Crippen LogP contribution in [0, 0.1) is 0 Å². The summed E-state index contributed by atoms with van der Waals surface area (Å²) in [5.41, 5.74) is 1.28. The predicted octanol–water partition coefficient (Wildman–Crippen LogP) is 3.46. The number of rotatable bonds is 4. The zero-order chi connectivity index (χ0) is 19.6. The second-order valence-electron chi connectivity index (χ2n) is 6.17. The standard InChI is InChI=1S/C18H19Cl2N3O3S/c1-13(24)21-17-7-6-14(12-16(17)20)27(25,26)23-10-8-22(9-11-23)18-5-3-2-4-15(18)19/h2-7,12H,8-11H2,1H3,(H,21,24). The predicted molar refractivity (Wildman–Crippen MR) is 108 cm³/mol. The van der Waals surface area contributed by atoms with Crippen molar-refractivity contribution in [1.29, 1.82) is 0 Å². The monoisotopic (exact) mass is 427 g/mol. The highest BCUT2D eigenvalue weighted by Gasteiger charge is 2.29. The molecule has 6 nitrogen and oxygen atoms in total. The molecule has 2 aromatic carbocycles. The third kappa shape index (κ3) is 4.38. The van der Waals surface area contributed by atoms with Crippen LogP contribution in [0.25, 0.3) is 0 Å². The smallest absolute Gasteiger partial charge is 0.243 e. The summed E-state index contributed by atoms with van der Waals surface area (Å²) in [6.07, 6.45) is 0. The summed E-state index contributed by atoms with van der Waals surface area (Å²) >= 11 is 12.3. The third-order valence-corrected chi connectivity index (χ3v) is 6.85. The van der Waals surface area contributed by atoms with E-state index in [1.165, 1.54) is 29.4 Å². The number of nitrogens with one attached hydrogen (secondary N) is 1. The van der Waals surface area contributed by atoms with Gasteiger partial charge in [-0.2, -0.15) is 4.31 Å². The minimum Gasteiger partial charge on any atom is -0.368 e. The van der Waals surface area contributed by atoms with Crippen LogP contribution in [0.4, 0.5) is 11.4 Å². The number of carbonyl (C=O) groups excluding carboxylic acids is 1. The van der Waals surface area contributed by atoms with Gasteiger partial charge in [0.25, 0.3) is 0 Å². The fourth-order valence-electron chi connectivity index (χ4n) is 2.97. The van der Waals surface area contributed by atoms with E-state index in [2.05, 4.69) is 10.2 Å². The number of carbonyl (C=O) groups is 1. The van der Waals surface area contributed by atoms with Crippen molar-refractivity contribution >= 4 is 50.5 Å². The normalized spacial score (nSPS) is 15.6. The maximum atomic E-state index is 12.9. The SMILES string of the molecule is CC(=O)Nc1ccc(S(=O)(=O)N2CCN(c3ccccc3Cl)CC2)cc1Cl. The Balaban J connectivity index is 1.74. The van der Waals surface area contributed by atoms with Crippen LogP contribution in [0.5, 0.6) is 0 Å². The van der Waals surface area contributed by atoms with Crippen LogP contribution < -0.4 is 10.2 Å². The van der Waals surface area contributed by atoms with E-state index in [0.717, 1.165) is 5.69 Å². The van der Waals surface area contributed by atoms with Gasteiger partial charge in [-0.3, -0.25) is 4.79 Å². The van der Waals surface area contributed by atoms with Crippen LogP contribution in [-0.4, -0.2) is 44.8 Å². The molecule has 27 heavy (non-hydrogen) atoms. The first-order valence-electron chi connectivity index (χ1n) is 8.36. The molecular weight excluding hydrogens is 409 g/mol. The molecule has 1 fully saturated rings. The number of amides is 1. The molecule has 2 aromatic rings. The molecule has 0 unspecified atom stereocenters. The summed E-state index contributed by atoms with van der Waals surface area (Å²) in [7, 11) is -3.67. The summed E-state index contributed by atoms with van der Waals surface area (Å²) in [6.45, 7) is 3.14. The lowest BCUT2D eigenvalue weighted by atomic mass is 10.2. The number of anilines is 2. The fourth-order valence-corrected chi connectivity index (χ4v) is 4.97. The van der Waals surface area contributed by atoms with Crippen LogP contribution in [-0.2, 0) is 14.8 Å². The van der Waals surface area contributed by atoms with E-state index in [9.17, 15) is 13.2 Å². The minimum atomic E-state index is -3.67. The number of halogens is 2. The van der Waals surface area contributed by atoms with Gasteiger partial charge in [-0.1, -0.05) is 35.3 Å². The van der Waals surface area contributed by atoms with Crippen LogP contribution in [0.3, 0.4) is 0 Å². The Bertz CT molecular complexity index is 958. The van der Waals surface area contributed by atoms with E-state index >= 15 is 0 Å². The summed E-state index contributed by atoms with van der Waals surface area (Å²) in [4.78, 5) is 13.3. The largest absolute Gasteiger partial charge is 0.368 e. The molecule has 0 saturated carbocycles. The number of hydrogen-bond acceptors (Lipinski definition) is 4. The highest BCUT2D eigenvalue weighted by atomic mass is 35.5. The van der Waals surface area contributed by atoms with Gasteiger partial charge in [0.15, 0.2) is 0 Å². The van der Waals surface area contributed by atoms with Crippen molar-refractivity contribution < 1.29 is 13.2 Å². The van der Waals surface area contributed by atoms with E-state index < -0.39 is 10.0 Å². The number of piperazine rings is 1. The molecule has 9 heteroatoms. The molecule has 1 saturated heterocycles. The average molecular weight is 428 g/mol. The molecule has 1 amide bonds. The molecule has 0 radical (unpaired) electrons. The van der Waals surface area contributed by atoms with Crippen molar-refractivity contribution in [2.24, 2.45) is 0 Å². The molecule has 1 heterocycles. The third-order valence-electron chi connectivity index (χ3n) is 4.32. The van der Waals surface area contributed by atoms with Gasteiger partial charge in [0, 0.05) is 33.1 Å². The van der Waals surface area contributed by atoms with Gasteiger partial charge >= 0.3 is 0 Å². The quantitative estimate of drug-likeness (QED) is 0.810. The minimum absolute atomic E-state index is 0.104. The van der Waals surface area contributed by atoms with E-state index in [0.29, 0.717) is 36.9 Å². The van der Waals surface area contributed by atoms with Gasteiger partial charge in [-0.15, -0.1) is 0 Å². The fraction of sp³-hybridized carbons (Fsp3) is 0.278. The highest BCUT2D eigenvalue weighted by molar-refractivity contribution is 7.89. The average Bonchev–Trinajstić information content (AvgIpc) is 2.63. The lowest BCUT2D eigenvalue weighted by Gasteiger charge is -2.35. The molecule has 0 aliphatic carbocycles. The summed E-state index contributed by atoms with van der Waals surface area (Å²) < 4.78 is 27.3. The first-order chi connectivity index (χ1) is 12.8. The van der Waals surface area contributed by atoms with Crippen LogP contribution in [0.1, 0.15) is 6.92 Å². The lowest BCUT2D eigenvalue weighted by Crippen LogP contribution is -2.48. The van der Waals surface area contributed by atoms with Gasteiger partial charge in [-0.25, -0.2) is 8.42 Å². The van der Waals surface area contributed by atoms with E-state index in [1.807, 2.05) is 24.3 Å². The van der Waals surface area contributed by atoms with Crippen molar-refractivity contribution in [2.75, 3.05) is 36.4 Å². The summed E-state index contributed by atoms with van der Waals surface area (Å²) in [6, 6.07) is 11.8. The molecule has 0 spiro atoms. The zero-order valence-corrected chi connectivity index (χ0v) is 17.0. The second-order valence-corrected chi connectivity index (χ2v) is 8.92. The Labute approximate surface area is 168 Å². The van der Waals surface area contributed by atoms with Gasteiger partial charge in [0.2, 0.25) is 15.9 Å². The van der Waals surface area contributed by atoms with Crippen molar-refractivity contribution in [3.05, 3.63) is 52.5 Å². The van der Waals surface area contributed by atoms with Gasteiger partial charge in [-0.05, 0) is 30.3 Å². The van der Waals surface area contributed by atoms with Crippen molar-refractivity contribution in [1.82, 2.24) is 4.31 Å². The van der Waals surface area contributed by atoms with Gasteiger partial charge < -0.3 is 10.2 Å². The first kappa shape index (κ1) is 19.9. The summed E-state index contributed by atoms with van der Waals surface area (Å²) in [5, 5.41) is 3.39. The molecule has 3 rings (SSSR count). The number of benzene rings is 2. The zero-order valence-electron chi connectivity index (χ0n) is 14.7. The Morgan fingerprint density at radius 2 is 1.67 bits per heavy atom. The van der Waals surface area contributed by atoms with Crippen molar-refractivity contribution in [3.8, 4) is 0 Å². The first-order valence-corrected chi connectivity index (χ1v) is 10.6. The van der Waals surface area contributed by atoms with Crippen LogP contribution in [0.15, 0.2) is 47.4 Å². The van der Waals surface area contributed by atoms with Crippen LogP contribution in [0.2, 0.25) is 10.0 Å². The highest BCUT2D eigenvalue weighted by Crippen LogP contribution is 2.29.